The molecule has 4 heteroatoms. The lowest BCUT2D eigenvalue weighted by Gasteiger charge is -2.41. The van der Waals surface area contributed by atoms with E-state index in [1.54, 1.807) is 7.11 Å². The first-order chi connectivity index (χ1) is 7.26. The second kappa shape index (κ2) is 5.17. The van der Waals surface area contributed by atoms with Crippen molar-refractivity contribution in [1.82, 2.24) is 0 Å². The fraction of sp³-hybridized carbons (Fsp3) is 1.00. The fourth-order valence-electron chi connectivity index (χ4n) is 1.58. The van der Waals surface area contributed by atoms with Gasteiger partial charge in [0.15, 0.2) is 14.6 Å². The zero-order chi connectivity index (χ0) is 12.4. The molecule has 3 nitrogen and oxygen atoms in total. The molecule has 1 fully saturated rings. The van der Waals surface area contributed by atoms with E-state index in [2.05, 4.69) is 33.9 Å². The molecule has 1 aliphatic heterocycles. The molecule has 0 bridgehead atoms. The lowest BCUT2D eigenvalue weighted by atomic mass is 10.1. The molecule has 1 heterocycles. The Balaban J connectivity index is 2.45. The molecular formula is C12H26O3Si. The standard InChI is InChI=1S/C12H26O3Si/c1-12(2,3)16(5,6)15-10-7-8-11(13-4)14-9-10/h10-11H,7-9H2,1-6H3. The summed E-state index contributed by atoms with van der Waals surface area (Å²) in [5.41, 5.74) is 0. The molecule has 0 saturated carbocycles. The Labute approximate surface area is 101 Å². The van der Waals surface area contributed by atoms with Crippen LogP contribution in [0, 0.1) is 0 Å². The van der Waals surface area contributed by atoms with Crippen molar-refractivity contribution in [2.24, 2.45) is 0 Å². The number of methoxy groups -OCH3 is 1. The summed E-state index contributed by atoms with van der Waals surface area (Å²) in [5, 5.41) is 0.269. The summed E-state index contributed by atoms with van der Waals surface area (Å²) < 4.78 is 17.0. The normalized spacial score (nSPS) is 28.1. The van der Waals surface area contributed by atoms with Gasteiger partial charge in [0.1, 0.15) is 0 Å². The maximum atomic E-state index is 6.29. The van der Waals surface area contributed by atoms with E-state index in [9.17, 15) is 0 Å². The van der Waals surface area contributed by atoms with Crippen LogP contribution in [0.1, 0.15) is 33.6 Å². The van der Waals surface area contributed by atoms with Crippen LogP contribution in [0.3, 0.4) is 0 Å². The minimum atomic E-state index is -1.65. The van der Waals surface area contributed by atoms with Crippen LogP contribution < -0.4 is 0 Å². The molecular weight excluding hydrogens is 220 g/mol. The molecule has 0 amide bonds. The smallest absolute Gasteiger partial charge is 0.192 e. The van der Waals surface area contributed by atoms with E-state index >= 15 is 0 Å². The highest BCUT2D eigenvalue weighted by Gasteiger charge is 2.39. The molecule has 2 atom stereocenters. The van der Waals surface area contributed by atoms with E-state index in [0.717, 1.165) is 12.8 Å². The zero-order valence-electron chi connectivity index (χ0n) is 11.5. The van der Waals surface area contributed by atoms with Gasteiger partial charge in [-0.15, -0.1) is 0 Å². The van der Waals surface area contributed by atoms with Crippen LogP contribution in [0.2, 0.25) is 18.1 Å². The summed E-state index contributed by atoms with van der Waals surface area (Å²) >= 11 is 0. The first kappa shape index (κ1) is 14.2. The summed E-state index contributed by atoms with van der Waals surface area (Å²) in [7, 11) is 0.0488. The Morgan fingerprint density at radius 1 is 1.19 bits per heavy atom. The van der Waals surface area contributed by atoms with Gasteiger partial charge in [-0.2, -0.15) is 0 Å². The highest BCUT2D eigenvalue weighted by Crippen LogP contribution is 2.38. The Hall–Kier alpha value is 0.0969. The highest BCUT2D eigenvalue weighted by atomic mass is 28.4. The summed E-state index contributed by atoms with van der Waals surface area (Å²) in [6, 6.07) is 0. The van der Waals surface area contributed by atoms with E-state index in [0.29, 0.717) is 6.61 Å². The van der Waals surface area contributed by atoms with Gasteiger partial charge in [-0.25, -0.2) is 0 Å². The predicted octanol–water partition coefficient (Wildman–Crippen LogP) is 3.16. The van der Waals surface area contributed by atoms with Crippen LogP contribution >= 0.6 is 0 Å². The highest BCUT2D eigenvalue weighted by molar-refractivity contribution is 6.74. The number of hydrogen-bond donors (Lipinski definition) is 0. The van der Waals surface area contributed by atoms with E-state index in [1.807, 2.05) is 0 Å². The fourth-order valence-corrected chi connectivity index (χ4v) is 2.95. The van der Waals surface area contributed by atoms with Gasteiger partial charge in [0.05, 0.1) is 12.7 Å². The molecule has 96 valence electrons. The second-order valence-corrected chi connectivity index (χ2v) is 10.8. The van der Waals surface area contributed by atoms with Crippen molar-refractivity contribution in [2.75, 3.05) is 13.7 Å². The van der Waals surface area contributed by atoms with Crippen molar-refractivity contribution >= 4 is 8.32 Å². The van der Waals surface area contributed by atoms with Gasteiger partial charge in [0.2, 0.25) is 0 Å². The summed E-state index contributed by atoms with van der Waals surface area (Å²) in [6.45, 7) is 12.0. The van der Waals surface area contributed by atoms with Crippen molar-refractivity contribution in [3.05, 3.63) is 0 Å². The minimum absolute atomic E-state index is 0.0285. The Morgan fingerprint density at radius 3 is 2.19 bits per heavy atom. The monoisotopic (exact) mass is 246 g/mol. The SMILES string of the molecule is COC1CCC(O[Si](C)(C)C(C)(C)C)CO1. The third-order valence-electron chi connectivity index (χ3n) is 3.72. The second-order valence-electron chi connectivity index (χ2n) is 6.08. The molecule has 0 aromatic heterocycles. The Morgan fingerprint density at radius 2 is 1.81 bits per heavy atom. The summed E-state index contributed by atoms with van der Waals surface area (Å²) in [4.78, 5) is 0. The van der Waals surface area contributed by atoms with Crippen molar-refractivity contribution < 1.29 is 13.9 Å². The van der Waals surface area contributed by atoms with Gasteiger partial charge in [0.25, 0.3) is 0 Å². The molecule has 0 radical (unpaired) electrons. The van der Waals surface area contributed by atoms with Gasteiger partial charge >= 0.3 is 0 Å². The molecule has 0 aromatic rings. The number of hydrogen-bond acceptors (Lipinski definition) is 3. The van der Waals surface area contributed by atoms with E-state index in [-0.39, 0.29) is 17.4 Å². The molecule has 0 N–H and O–H groups in total. The molecule has 1 rings (SSSR count). The molecule has 0 spiro atoms. The third kappa shape index (κ3) is 3.55. The van der Waals surface area contributed by atoms with Gasteiger partial charge in [-0.05, 0) is 24.6 Å². The topological polar surface area (TPSA) is 27.7 Å². The van der Waals surface area contributed by atoms with E-state index < -0.39 is 8.32 Å². The van der Waals surface area contributed by atoms with Crippen molar-refractivity contribution in [1.29, 1.82) is 0 Å². The minimum Gasteiger partial charge on any atom is -0.412 e. The average molecular weight is 246 g/mol. The van der Waals surface area contributed by atoms with Gasteiger partial charge in [0, 0.05) is 13.5 Å². The van der Waals surface area contributed by atoms with Gasteiger partial charge in [-0.1, -0.05) is 20.8 Å². The first-order valence-electron chi connectivity index (χ1n) is 6.08. The summed E-state index contributed by atoms with van der Waals surface area (Å²) in [6.07, 6.45) is 2.22. The number of rotatable bonds is 3. The van der Waals surface area contributed by atoms with Gasteiger partial charge < -0.3 is 13.9 Å². The quantitative estimate of drug-likeness (QED) is 0.716. The molecule has 0 aliphatic carbocycles. The third-order valence-corrected chi connectivity index (χ3v) is 8.26. The van der Waals surface area contributed by atoms with Crippen LogP contribution in [0.5, 0.6) is 0 Å². The van der Waals surface area contributed by atoms with Crippen molar-refractivity contribution in [2.45, 2.75) is 64.1 Å². The van der Waals surface area contributed by atoms with Crippen LogP contribution in [0.4, 0.5) is 0 Å². The molecule has 16 heavy (non-hydrogen) atoms. The zero-order valence-corrected chi connectivity index (χ0v) is 12.5. The summed E-state index contributed by atoms with van der Waals surface area (Å²) in [5.74, 6) is 0. The molecule has 2 unspecified atom stereocenters. The first-order valence-corrected chi connectivity index (χ1v) is 8.99. The molecule has 0 aromatic carbocycles. The van der Waals surface area contributed by atoms with Crippen LogP contribution in [-0.2, 0) is 13.9 Å². The van der Waals surface area contributed by atoms with Crippen LogP contribution in [0.25, 0.3) is 0 Å². The lowest BCUT2D eigenvalue weighted by molar-refractivity contribution is -0.170. The maximum absolute atomic E-state index is 6.29. The van der Waals surface area contributed by atoms with Crippen LogP contribution in [0.15, 0.2) is 0 Å². The van der Waals surface area contributed by atoms with E-state index in [1.165, 1.54) is 0 Å². The Kier molecular flexibility index (Phi) is 4.57. The lowest BCUT2D eigenvalue weighted by Crippen LogP contribution is -2.46. The number of ether oxygens (including phenoxy) is 2. The predicted molar refractivity (Wildman–Crippen MR) is 68.1 cm³/mol. The van der Waals surface area contributed by atoms with Crippen molar-refractivity contribution in [3.8, 4) is 0 Å². The van der Waals surface area contributed by atoms with Crippen LogP contribution in [-0.4, -0.2) is 34.4 Å². The molecule has 1 saturated heterocycles. The largest absolute Gasteiger partial charge is 0.412 e. The van der Waals surface area contributed by atoms with E-state index in [4.69, 9.17) is 13.9 Å². The molecule has 1 aliphatic rings. The Bertz CT molecular complexity index is 215. The van der Waals surface area contributed by atoms with Crippen molar-refractivity contribution in [3.63, 3.8) is 0 Å². The average Bonchev–Trinajstić information content (AvgIpc) is 2.16. The van der Waals surface area contributed by atoms with Gasteiger partial charge in [-0.3, -0.25) is 0 Å². The maximum Gasteiger partial charge on any atom is 0.192 e.